The van der Waals surface area contributed by atoms with Crippen molar-refractivity contribution < 1.29 is 9.53 Å². The number of likely N-dealkylation sites (tertiary alicyclic amines) is 1. The van der Waals surface area contributed by atoms with Crippen molar-refractivity contribution in [2.75, 3.05) is 19.7 Å². The molecule has 1 atom stereocenters. The van der Waals surface area contributed by atoms with Crippen molar-refractivity contribution in [2.24, 2.45) is 0 Å². The third kappa shape index (κ3) is 3.51. The van der Waals surface area contributed by atoms with E-state index in [0.717, 1.165) is 56.8 Å². The van der Waals surface area contributed by atoms with Crippen LogP contribution in [-0.2, 0) is 16.0 Å². The lowest BCUT2D eigenvalue weighted by Gasteiger charge is -2.34. The Balaban J connectivity index is 1.40. The lowest BCUT2D eigenvalue weighted by molar-refractivity contribution is -0.131. The number of hydrogen-bond donors (Lipinski definition) is 0. The Labute approximate surface area is 152 Å². The van der Waals surface area contributed by atoms with Crippen LogP contribution in [0.1, 0.15) is 54.9 Å². The van der Waals surface area contributed by atoms with Crippen molar-refractivity contribution in [1.29, 1.82) is 0 Å². The molecule has 0 N–H and O–H groups in total. The topological polar surface area (TPSA) is 47.4 Å². The normalized spacial score (nSPS) is 21.8. The van der Waals surface area contributed by atoms with Crippen LogP contribution in [0.3, 0.4) is 0 Å². The van der Waals surface area contributed by atoms with Crippen LogP contribution in [0.2, 0.25) is 0 Å². The zero-order valence-electron chi connectivity index (χ0n) is 14.7. The first kappa shape index (κ1) is 16.8. The molecule has 0 aliphatic carbocycles. The number of carbonyl (C=O) groups excluding carboxylic acids is 1. The predicted molar refractivity (Wildman–Crippen MR) is 97.8 cm³/mol. The molecule has 0 aromatic carbocycles. The van der Waals surface area contributed by atoms with E-state index in [1.807, 2.05) is 22.5 Å². The second-order valence-corrected chi connectivity index (χ2v) is 7.83. The first-order valence-electron chi connectivity index (χ1n) is 9.16. The fourth-order valence-electron chi connectivity index (χ4n) is 4.01. The summed E-state index contributed by atoms with van der Waals surface area (Å²) in [5.41, 5.74) is 2.33. The lowest BCUT2D eigenvalue weighted by Crippen LogP contribution is -2.40. The van der Waals surface area contributed by atoms with Gasteiger partial charge in [-0.2, -0.15) is 11.3 Å². The Kier molecular flexibility index (Phi) is 4.90. The molecule has 4 rings (SSSR count). The quantitative estimate of drug-likeness (QED) is 0.839. The maximum Gasteiger partial charge on any atom is 0.227 e. The van der Waals surface area contributed by atoms with Crippen molar-refractivity contribution in [3.8, 4) is 0 Å². The predicted octanol–water partition coefficient (Wildman–Crippen LogP) is 3.51. The van der Waals surface area contributed by atoms with Gasteiger partial charge in [-0.15, -0.1) is 0 Å². The average molecular weight is 359 g/mol. The van der Waals surface area contributed by atoms with Gasteiger partial charge in [-0.3, -0.25) is 4.79 Å². The van der Waals surface area contributed by atoms with Gasteiger partial charge in [0.1, 0.15) is 11.9 Å². The van der Waals surface area contributed by atoms with Gasteiger partial charge in [0.05, 0.1) is 6.42 Å². The molecule has 2 aliphatic rings. The zero-order valence-corrected chi connectivity index (χ0v) is 15.5. The second kappa shape index (κ2) is 7.30. The smallest absolute Gasteiger partial charge is 0.227 e. The molecule has 134 valence electrons. The third-order valence-corrected chi connectivity index (χ3v) is 6.08. The molecular formula is C19H25N3O2S. The summed E-state index contributed by atoms with van der Waals surface area (Å²) in [6, 6.07) is 2.46. The number of aryl methyl sites for hydroxylation is 1. The fourth-order valence-corrected chi connectivity index (χ4v) is 4.68. The number of nitrogens with zero attached hydrogens (tertiary/aromatic N) is 3. The van der Waals surface area contributed by atoms with Crippen molar-refractivity contribution in [3.63, 3.8) is 0 Å². The van der Waals surface area contributed by atoms with Crippen LogP contribution in [0, 0.1) is 6.92 Å². The van der Waals surface area contributed by atoms with Gasteiger partial charge < -0.3 is 14.2 Å². The average Bonchev–Trinajstić information content (AvgIpc) is 3.36. The van der Waals surface area contributed by atoms with E-state index in [0.29, 0.717) is 12.5 Å². The monoisotopic (exact) mass is 359 g/mol. The van der Waals surface area contributed by atoms with Crippen LogP contribution in [0.5, 0.6) is 0 Å². The molecule has 2 aromatic rings. The number of imidazole rings is 1. The molecule has 0 bridgehead atoms. The highest BCUT2D eigenvalue weighted by molar-refractivity contribution is 7.08. The Hall–Kier alpha value is -1.66. The molecule has 0 spiro atoms. The van der Waals surface area contributed by atoms with E-state index in [9.17, 15) is 4.79 Å². The summed E-state index contributed by atoms with van der Waals surface area (Å²) < 4.78 is 8.23. The molecular weight excluding hydrogens is 334 g/mol. The molecule has 6 heteroatoms. The van der Waals surface area contributed by atoms with Gasteiger partial charge >= 0.3 is 0 Å². The molecule has 25 heavy (non-hydrogen) atoms. The molecule has 2 aliphatic heterocycles. The highest BCUT2D eigenvalue weighted by Gasteiger charge is 2.30. The largest absolute Gasteiger partial charge is 0.370 e. The molecule has 2 aromatic heterocycles. The summed E-state index contributed by atoms with van der Waals surface area (Å²) in [6.07, 6.45) is 6.80. The number of rotatable bonds is 4. The molecule has 2 fully saturated rings. The van der Waals surface area contributed by atoms with E-state index in [1.165, 1.54) is 5.69 Å². The number of piperidine rings is 1. The maximum atomic E-state index is 12.5. The summed E-state index contributed by atoms with van der Waals surface area (Å²) in [5.74, 6) is 1.33. The van der Waals surface area contributed by atoms with Gasteiger partial charge in [-0.1, -0.05) is 0 Å². The molecule has 0 saturated carbocycles. The van der Waals surface area contributed by atoms with Gasteiger partial charge in [0.15, 0.2) is 0 Å². The molecule has 1 amide bonds. The summed E-state index contributed by atoms with van der Waals surface area (Å²) in [4.78, 5) is 19.1. The minimum absolute atomic E-state index is 0.145. The van der Waals surface area contributed by atoms with Crippen LogP contribution in [0.25, 0.3) is 0 Å². The number of ether oxygens (including phenoxy) is 1. The van der Waals surface area contributed by atoms with Gasteiger partial charge in [0.25, 0.3) is 0 Å². The SMILES string of the molecule is Cc1cnc(C2CCCO2)n1C1CCN(C(=O)Cc2ccsc2)CC1. The summed E-state index contributed by atoms with van der Waals surface area (Å²) in [6.45, 7) is 4.62. The van der Waals surface area contributed by atoms with Crippen LogP contribution < -0.4 is 0 Å². The summed E-state index contributed by atoms with van der Waals surface area (Å²) >= 11 is 1.65. The van der Waals surface area contributed by atoms with Crippen LogP contribution in [0.4, 0.5) is 0 Å². The zero-order chi connectivity index (χ0) is 17.2. The van der Waals surface area contributed by atoms with Crippen LogP contribution in [0.15, 0.2) is 23.0 Å². The third-order valence-electron chi connectivity index (χ3n) is 5.35. The fraction of sp³-hybridized carbons (Fsp3) is 0.579. The van der Waals surface area contributed by atoms with Crippen molar-refractivity contribution >= 4 is 17.2 Å². The summed E-state index contributed by atoms with van der Waals surface area (Å²) in [5, 5.41) is 4.09. The van der Waals surface area contributed by atoms with E-state index in [2.05, 4.69) is 21.9 Å². The highest BCUT2D eigenvalue weighted by Crippen LogP contribution is 2.33. The Morgan fingerprint density at radius 1 is 1.36 bits per heavy atom. The van der Waals surface area contributed by atoms with Gasteiger partial charge in [-0.05, 0) is 55.0 Å². The number of carbonyl (C=O) groups is 1. The number of thiophene rings is 1. The number of amides is 1. The Bertz CT molecular complexity index is 711. The first-order valence-corrected chi connectivity index (χ1v) is 10.1. The molecule has 1 unspecified atom stereocenters. The molecule has 4 heterocycles. The van der Waals surface area contributed by atoms with Crippen molar-refractivity contribution in [2.45, 2.75) is 51.2 Å². The van der Waals surface area contributed by atoms with E-state index in [-0.39, 0.29) is 12.0 Å². The summed E-state index contributed by atoms with van der Waals surface area (Å²) in [7, 11) is 0. The highest BCUT2D eigenvalue weighted by atomic mass is 32.1. The van der Waals surface area contributed by atoms with Gasteiger partial charge in [0, 0.05) is 37.6 Å². The van der Waals surface area contributed by atoms with E-state index in [4.69, 9.17) is 4.74 Å². The maximum absolute atomic E-state index is 12.5. The van der Waals surface area contributed by atoms with Gasteiger partial charge in [-0.25, -0.2) is 4.98 Å². The molecule has 0 radical (unpaired) electrons. The van der Waals surface area contributed by atoms with Gasteiger partial charge in [0.2, 0.25) is 5.91 Å². The molecule has 2 saturated heterocycles. The lowest BCUT2D eigenvalue weighted by atomic mass is 10.0. The standard InChI is InChI=1S/C19H25N3O2S/c1-14-12-20-19(17-3-2-9-24-17)22(14)16-4-7-21(8-5-16)18(23)11-15-6-10-25-13-15/h6,10,12-13,16-17H,2-5,7-9,11H2,1H3. The van der Waals surface area contributed by atoms with Crippen LogP contribution >= 0.6 is 11.3 Å². The van der Waals surface area contributed by atoms with E-state index >= 15 is 0 Å². The van der Waals surface area contributed by atoms with E-state index < -0.39 is 0 Å². The minimum atomic E-state index is 0.145. The van der Waals surface area contributed by atoms with Crippen molar-refractivity contribution in [3.05, 3.63) is 40.1 Å². The van der Waals surface area contributed by atoms with E-state index in [1.54, 1.807) is 11.3 Å². The second-order valence-electron chi connectivity index (χ2n) is 7.05. The number of aromatic nitrogens is 2. The molecule has 5 nitrogen and oxygen atoms in total. The Morgan fingerprint density at radius 2 is 2.20 bits per heavy atom. The van der Waals surface area contributed by atoms with Crippen LogP contribution in [-0.4, -0.2) is 40.1 Å². The first-order chi connectivity index (χ1) is 12.2. The Morgan fingerprint density at radius 3 is 2.88 bits per heavy atom. The number of hydrogen-bond acceptors (Lipinski definition) is 4. The minimum Gasteiger partial charge on any atom is -0.370 e. The van der Waals surface area contributed by atoms with Crippen molar-refractivity contribution in [1.82, 2.24) is 14.5 Å².